The SMILES string of the molecule is CCC1CCc2ccc(F)cc21. The Labute approximate surface area is 72.4 Å². The molecule has 0 saturated carbocycles. The Hall–Kier alpha value is -0.850. The van der Waals surface area contributed by atoms with Gasteiger partial charge in [0.2, 0.25) is 0 Å². The predicted molar refractivity (Wildman–Crippen MR) is 47.8 cm³/mol. The summed E-state index contributed by atoms with van der Waals surface area (Å²) in [7, 11) is 0. The van der Waals surface area contributed by atoms with Crippen LogP contribution in [0.4, 0.5) is 4.39 Å². The molecule has 0 amide bonds. The third kappa shape index (κ3) is 1.13. The van der Waals surface area contributed by atoms with Crippen molar-refractivity contribution >= 4 is 0 Å². The van der Waals surface area contributed by atoms with Gasteiger partial charge in [0.15, 0.2) is 0 Å². The van der Waals surface area contributed by atoms with Crippen LogP contribution < -0.4 is 0 Å². The molecule has 0 N–H and O–H groups in total. The molecule has 2 rings (SSSR count). The van der Waals surface area contributed by atoms with Crippen LogP contribution in [0, 0.1) is 5.82 Å². The zero-order chi connectivity index (χ0) is 8.55. The second-order valence-electron chi connectivity index (χ2n) is 3.49. The summed E-state index contributed by atoms with van der Waals surface area (Å²) in [5, 5.41) is 0. The van der Waals surface area contributed by atoms with Crippen molar-refractivity contribution in [2.45, 2.75) is 32.1 Å². The lowest BCUT2D eigenvalue weighted by Crippen LogP contribution is -1.91. The van der Waals surface area contributed by atoms with E-state index in [4.69, 9.17) is 0 Å². The molecule has 1 aliphatic carbocycles. The molecule has 1 atom stereocenters. The van der Waals surface area contributed by atoms with Gasteiger partial charge in [0.1, 0.15) is 5.82 Å². The molecular formula is C11H13F. The molecule has 0 heterocycles. The average Bonchev–Trinajstić information content (AvgIpc) is 2.46. The summed E-state index contributed by atoms with van der Waals surface area (Å²) in [5.41, 5.74) is 2.60. The average molecular weight is 164 g/mol. The first-order chi connectivity index (χ1) is 5.81. The largest absolute Gasteiger partial charge is 0.207 e. The zero-order valence-corrected chi connectivity index (χ0v) is 7.31. The Kier molecular flexibility index (Phi) is 1.87. The topological polar surface area (TPSA) is 0 Å². The van der Waals surface area contributed by atoms with Crippen LogP contribution in [0.1, 0.15) is 36.8 Å². The van der Waals surface area contributed by atoms with E-state index in [1.165, 1.54) is 17.5 Å². The molecule has 0 bridgehead atoms. The monoisotopic (exact) mass is 164 g/mol. The minimum Gasteiger partial charge on any atom is -0.207 e. The highest BCUT2D eigenvalue weighted by molar-refractivity contribution is 5.35. The van der Waals surface area contributed by atoms with Gasteiger partial charge in [-0.25, -0.2) is 4.39 Å². The van der Waals surface area contributed by atoms with E-state index in [1.807, 2.05) is 6.07 Å². The van der Waals surface area contributed by atoms with E-state index in [1.54, 1.807) is 12.1 Å². The smallest absolute Gasteiger partial charge is 0.123 e. The minimum atomic E-state index is -0.0888. The second kappa shape index (κ2) is 2.89. The highest BCUT2D eigenvalue weighted by atomic mass is 19.1. The van der Waals surface area contributed by atoms with E-state index in [2.05, 4.69) is 6.92 Å². The number of halogens is 1. The number of benzene rings is 1. The second-order valence-corrected chi connectivity index (χ2v) is 3.49. The zero-order valence-electron chi connectivity index (χ0n) is 7.31. The third-order valence-corrected chi connectivity index (χ3v) is 2.80. The number of aryl methyl sites for hydroxylation is 1. The molecule has 0 fully saturated rings. The van der Waals surface area contributed by atoms with Crippen LogP contribution in [0.25, 0.3) is 0 Å². The summed E-state index contributed by atoms with van der Waals surface area (Å²) >= 11 is 0. The van der Waals surface area contributed by atoms with E-state index >= 15 is 0 Å². The number of rotatable bonds is 1. The van der Waals surface area contributed by atoms with Gasteiger partial charge in [-0.05, 0) is 48.4 Å². The maximum atomic E-state index is 12.9. The first kappa shape index (κ1) is 7.78. The summed E-state index contributed by atoms with van der Waals surface area (Å²) < 4.78 is 12.9. The molecule has 1 heteroatoms. The van der Waals surface area contributed by atoms with Crippen molar-refractivity contribution < 1.29 is 4.39 Å². The molecular weight excluding hydrogens is 151 g/mol. The summed E-state index contributed by atoms with van der Waals surface area (Å²) in [6.07, 6.45) is 3.47. The number of fused-ring (bicyclic) bond motifs is 1. The van der Waals surface area contributed by atoms with Crippen molar-refractivity contribution in [2.24, 2.45) is 0 Å². The van der Waals surface area contributed by atoms with Crippen molar-refractivity contribution in [3.63, 3.8) is 0 Å². The molecule has 1 aromatic rings. The quantitative estimate of drug-likeness (QED) is 0.597. The molecule has 64 valence electrons. The van der Waals surface area contributed by atoms with Crippen LogP contribution in [-0.4, -0.2) is 0 Å². The Morgan fingerprint density at radius 2 is 2.33 bits per heavy atom. The Balaban J connectivity index is 2.42. The molecule has 0 nitrogen and oxygen atoms in total. The van der Waals surface area contributed by atoms with Crippen molar-refractivity contribution in [1.29, 1.82) is 0 Å². The van der Waals surface area contributed by atoms with Gasteiger partial charge in [0.05, 0.1) is 0 Å². The van der Waals surface area contributed by atoms with Crippen LogP contribution >= 0.6 is 0 Å². The van der Waals surface area contributed by atoms with Gasteiger partial charge in [0.25, 0.3) is 0 Å². The fraction of sp³-hybridized carbons (Fsp3) is 0.455. The Bertz CT molecular complexity index is 291. The normalized spacial score (nSPS) is 21.0. The van der Waals surface area contributed by atoms with Crippen LogP contribution in [0.15, 0.2) is 18.2 Å². The van der Waals surface area contributed by atoms with E-state index in [-0.39, 0.29) is 5.82 Å². The standard InChI is InChI=1S/C11H13F/c1-2-8-3-4-9-5-6-10(12)7-11(8)9/h5-8H,2-4H2,1H3. The van der Waals surface area contributed by atoms with Crippen molar-refractivity contribution in [3.05, 3.63) is 35.1 Å². The van der Waals surface area contributed by atoms with Gasteiger partial charge >= 0.3 is 0 Å². The summed E-state index contributed by atoms with van der Waals surface area (Å²) in [5.74, 6) is 0.518. The molecule has 1 aromatic carbocycles. The van der Waals surface area contributed by atoms with Crippen molar-refractivity contribution in [2.75, 3.05) is 0 Å². The fourth-order valence-electron chi connectivity index (χ4n) is 2.08. The lowest BCUT2D eigenvalue weighted by Gasteiger charge is -2.07. The summed E-state index contributed by atoms with van der Waals surface area (Å²) in [6.45, 7) is 2.17. The van der Waals surface area contributed by atoms with Gasteiger partial charge in [0, 0.05) is 0 Å². The van der Waals surface area contributed by atoms with Crippen LogP contribution in [0.3, 0.4) is 0 Å². The Morgan fingerprint density at radius 1 is 1.50 bits per heavy atom. The number of hydrogen-bond acceptors (Lipinski definition) is 0. The molecule has 0 spiro atoms. The third-order valence-electron chi connectivity index (χ3n) is 2.80. The first-order valence-electron chi connectivity index (χ1n) is 4.59. The van der Waals surface area contributed by atoms with E-state index in [0.717, 1.165) is 12.8 Å². The van der Waals surface area contributed by atoms with Crippen LogP contribution in [0.2, 0.25) is 0 Å². The molecule has 0 aliphatic heterocycles. The Morgan fingerprint density at radius 3 is 3.08 bits per heavy atom. The van der Waals surface area contributed by atoms with Crippen molar-refractivity contribution in [3.8, 4) is 0 Å². The lowest BCUT2D eigenvalue weighted by atomic mass is 9.99. The highest BCUT2D eigenvalue weighted by Gasteiger charge is 2.20. The molecule has 0 saturated heterocycles. The van der Waals surface area contributed by atoms with E-state index in [0.29, 0.717) is 5.92 Å². The maximum Gasteiger partial charge on any atom is 0.123 e. The first-order valence-corrected chi connectivity index (χ1v) is 4.59. The summed E-state index contributed by atoms with van der Waals surface area (Å²) in [4.78, 5) is 0. The molecule has 1 unspecified atom stereocenters. The van der Waals surface area contributed by atoms with Crippen LogP contribution in [0.5, 0.6) is 0 Å². The van der Waals surface area contributed by atoms with Crippen LogP contribution in [-0.2, 0) is 6.42 Å². The van der Waals surface area contributed by atoms with E-state index < -0.39 is 0 Å². The van der Waals surface area contributed by atoms with Gasteiger partial charge in [-0.1, -0.05) is 13.0 Å². The highest BCUT2D eigenvalue weighted by Crippen LogP contribution is 2.35. The number of hydrogen-bond donors (Lipinski definition) is 0. The summed E-state index contributed by atoms with van der Waals surface area (Å²) in [6, 6.07) is 5.20. The predicted octanol–water partition coefficient (Wildman–Crippen LogP) is 3.27. The van der Waals surface area contributed by atoms with Gasteiger partial charge in [-0.3, -0.25) is 0 Å². The van der Waals surface area contributed by atoms with Gasteiger partial charge < -0.3 is 0 Å². The molecule has 1 aliphatic rings. The minimum absolute atomic E-state index is 0.0888. The molecule has 12 heavy (non-hydrogen) atoms. The van der Waals surface area contributed by atoms with Crippen molar-refractivity contribution in [1.82, 2.24) is 0 Å². The van der Waals surface area contributed by atoms with E-state index in [9.17, 15) is 4.39 Å². The molecule has 0 aromatic heterocycles. The van der Waals surface area contributed by atoms with Gasteiger partial charge in [-0.2, -0.15) is 0 Å². The fourth-order valence-corrected chi connectivity index (χ4v) is 2.08. The maximum absolute atomic E-state index is 12.9. The lowest BCUT2D eigenvalue weighted by molar-refractivity contribution is 0.616. The van der Waals surface area contributed by atoms with Gasteiger partial charge in [-0.15, -0.1) is 0 Å². The molecule has 0 radical (unpaired) electrons.